The minimum Gasteiger partial charge on any atom is -0.434 e. The Hall–Kier alpha value is -1.96. The lowest BCUT2D eigenvalue weighted by atomic mass is 10.2. The highest BCUT2D eigenvalue weighted by Crippen LogP contribution is 2.23. The first kappa shape index (κ1) is 17.1. The van der Waals surface area contributed by atoms with Crippen LogP contribution in [0.1, 0.15) is 18.9 Å². The van der Waals surface area contributed by atoms with Crippen LogP contribution in [0.5, 0.6) is 5.75 Å². The lowest BCUT2D eigenvalue weighted by molar-refractivity contribution is -0.0506. The van der Waals surface area contributed by atoms with Crippen LogP contribution < -0.4 is 15.4 Å². The third-order valence-corrected chi connectivity index (χ3v) is 2.77. The number of nitrogens with one attached hydrogen (secondary N) is 2. The Balaban J connectivity index is 2.68. The van der Waals surface area contributed by atoms with Gasteiger partial charge in [0.2, 0.25) is 0 Å². The van der Waals surface area contributed by atoms with Crippen molar-refractivity contribution in [3.63, 3.8) is 0 Å². The van der Waals surface area contributed by atoms with Crippen molar-refractivity contribution in [2.24, 2.45) is 0 Å². The second kappa shape index (κ2) is 8.35. The maximum atomic E-state index is 13.6. The second-order valence-electron chi connectivity index (χ2n) is 4.21. The summed E-state index contributed by atoms with van der Waals surface area (Å²) in [7, 11) is 0. The van der Waals surface area contributed by atoms with Crippen molar-refractivity contribution in [2.75, 3.05) is 6.61 Å². The molecular formula is C13H17F3N2O3. The molecule has 1 rings (SSSR count). The standard InChI is InChI=1S/C13H17F3N2O3/c1-2-8(7-19)18-13(20)17-6-9-10(14)4-3-5-11(9)21-12(15)16/h3-5,8,12,19H,2,6-7H2,1H3,(H2,17,18,20). The molecule has 0 bridgehead atoms. The first-order valence-corrected chi connectivity index (χ1v) is 6.35. The molecule has 0 aliphatic rings. The zero-order valence-corrected chi connectivity index (χ0v) is 11.4. The van der Waals surface area contributed by atoms with Crippen molar-refractivity contribution in [3.05, 3.63) is 29.6 Å². The number of urea groups is 1. The molecule has 118 valence electrons. The minimum absolute atomic E-state index is 0.176. The smallest absolute Gasteiger partial charge is 0.387 e. The lowest BCUT2D eigenvalue weighted by Gasteiger charge is -2.16. The normalized spacial score (nSPS) is 12.1. The van der Waals surface area contributed by atoms with Crippen LogP contribution >= 0.6 is 0 Å². The molecule has 0 aliphatic carbocycles. The van der Waals surface area contributed by atoms with Gasteiger partial charge in [-0.2, -0.15) is 8.78 Å². The highest BCUT2D eigenvalue weighted by molar-refractivity contribution is 5.74. The fourth-order valence-corrected chi connectivity index (χ4v) is 1.60. The molecule has 1 atom stereocenters. The van der Waals surface area contributed by atoms with Crippen LogP contribution in [-0.4, -0.2) is 30.4 Å². The summed E-state index contributed by atoms with van der Waals surface area (Å²) < 4.78 is 42.3. The van der Waals surface area contributed by atoms with Gasteiger partial charge in [-0.05, 0) is 18.6 Å². The minimum atomic E-state index is -3.08. The van der Waals surface area contributed by atoms with E-state index >= 15 is 0 Å². The molecule has 5 nitrogen and oxygen atoms in total. The number of rotatable bonds is 7. The van der Waals surface area contributed by atoms with Gasteiger partial charge in [-0.25, -0.2) is 9.18 Å². The van der Waals surface area contributed by atoms with Crippen LogP contribution in [0.2, 0.25) is 0 Å². The predicted molar refractivity (Wildman–Crippen MR) is 69.6 cm³/mol. The summed E-state index contributed by atoms with van der Waals surface area (Å²) in [5, 5.41) is 13.7. The summed E-state index contributed by atoms with van der Waals surface area (Å²) in [5.74, 6) is -1.10. The number of halogens is 3. The van der Waals surface area contributed by atoms with Gasteiger partial charge < -0.3 is 20.5 Å². The van der Waals surface area contributed by atoms with Gasteiger partial charge in [0.1, 0.15) is 11.6 Å². The van der Waals surface area contributed by atoms with E-state index in [0.717, 1.165) is 6.07 Å². The van der Waals surface area contributed by atoms with Crippen LogP contribution in [0.4, 0.5) is 18.0 Å². The molecule has 0 spiro atoms. The zero-order valence-electron chi connectivity index (χ0n) is 11.4. The van der Waals surface area contributed by atoms with E-state index in [4.69, 9.17) is 5.11 Å². The summed E-state index contributed by atoms with van der Waals surface area (Å²) in [6.45, 7) is -1.86. The fraction of sp³-hybridized carbons (Fsp3) is 0.462. The average Bonchev–Trinajstić information content (AvgIpc) is 2.43. The van der Waals surface area contributed by atoms with Gasteiger partial charge in [-0.3, -0.25) is 0 Å². The number of aliphatic hydroxyl groups excluding tert-OH is 1. The number of carbonyl (C=O) groups is 1. The Kier molecular flexibility index (Phi) is 6.80. The van der Waals surface area contributed by atoms with Crippen molar-refractivity contribution >= 4 is 6.03 Å². The van der Waals surface area contributed by atoms with E-state index in [2.05, 4.69) is 15.4 Å². The second-order valence-corrected chi connectivity index (χ2v) is 4.21. The number of carbonyl (C=O) groups excluding carboxylic acids is 1. The van der Waals surface area contributed by atoms with Crippen molar-refractivity contribution < 1.29 is 27.8 Å². The molecule has 0 aliphatic heterocycles. The Morgan fingerprint density at radius 2 is 2.14 bits per heavy atom. The van der Waals surface area contributed by atoms with E-state index in [-0.39, 0.29) is 24.5 Å². The average molecular weight is 306 g/mol. The summed E-state index contributed by atoms with van der Waals surface area (Å²) in [5.41, 5.74) is -0.176. The Bertz CT molecular complexity index is 468. The topological polar surface area (TPSA) is 70.6 Å². The van der Waals surface area contributed by atoms with Gasteiger partial charge in [0.15, 0.2) is 0 Å². The van der Waals surface area contributed by atoms with Crippen LogP contribution in [0, 0.1) is 5.82 Å². The summed E-state index contributed by atoms with van der Waals surface area (Å²) >= 11 is 0. The molecule has 8 heteroatoms. The number of hydrogen-bond acceptors (Lipinski definition) is 3. The largest absolute Gasteiger partial charge is 0.434 e. The highest BCUT2D eigenvalue weighted by Gasteiger charge is 2.15. The molecule has 21 heavy (non-hydrogen) atoms. The number of alkyl halides is 2. The molecule has 2 amide bonds. The first-order valence-electron chi connectivity index (χ1n) is 6.35. The molecule has 1 aromatic carbocycles. The van der Waals surface area contributed by atoms with Gasteiger partial charge in [0.25, 0.3) is 0 Å². The monoisotopic (exact) mass is 306 g/mol. The Morgan fingerprint density at radius 1 is 1.43 bits per heavy atom. The summed E-state index contributed by atoms with van der Waals surface area (Å²) in [6.07, 6.45) is 0.517. The number of aliphatic hydroxyl groups is 1. The van der Waals surface area contributed by atoms with Crippen LogP contribution in [0.15, 0.2) is 18.2 Å². The summed E-state index contributed by atoms with van der Waals surface area (Å²) in [6, 6.07) is 2.43. The van der Waals surface area contributed by atoms with Gasteiger partial charge in [0, 0.05) is 5.56 Å². The molecule has 0 saturated heterocycles. The van der Waals surface area contributed by atoms with Crippen molar-refractivity contribution in [3.8, 4) is 5.75 Å². The van der Waals surface area contributed by atoms with Gasteiger partial charge >= 0.3 is 12.6 Å². The van der Waals surface area contributed by atoms with Gasteiger partial charge in [0.05, 0.1) is 19.2 Å². The highest BCUT2D eigenvalue weighted by atomic mass is 19.3. The SMILES string of the molecule is CCC(CO)NC(=O)NCc1c(F)cccc1OC(F)F. The lowest BCUT2D eigenvalue weighted by Crippen LogP contribution is -2.43. The molecule has 0 saturated carbocycles. The first-order chi connectivity index (χ1) is 9.97. The Labute approximate surface area is 120 Å². The van der Waals surface area contributed by atoms with Crippen LogP contribution in [0.25, 0.3) is 0 Å². The third-order valence-electron chi connectivity index (χ3n) is 2.77. The maximum absolute atomic E-state index is 13.6. The van der Waals surface area contributed by atoms with Gasteiger partial charge in [-0.15, -0.1) is 0 Å². The zero-order chi connectivity index (χ0) is 15.8. The molecule has 0 radical (unpaired) electrons. The molecule has 0 fully saturated rings. The molecule has 0 aromatic heterocycles. The molecule has 0 heterocycles. The predicted octanol–water partition coefficient (Wildman–Crippen LogP) is 2.00. The fourth-order valence-electron chi connectivity index (χ4n) is 1.60. The van der Waals surface area contributed by atoms with E-state index in [1.807, 2.05) is 0 Å². The van der Waals surface area contributed by atoms with E-state index in [9.17, 15) is 18.0 Å². The Morgan fingerprint density at radius 3 is 2.71 bits per heavy atom. The van der Waals surface area contributed by atoms with Crippen molar-refractivity contribution in [2.45, 2.75) is 32.5 Å². The van der Waals surface area contributed by atoms with Crippen molar-refractivity contribution in [1.29, 1.82) is 0 Å². The van der Waals surface area contributed by atoms with E-state index < -0.39 is 24.5 Å². The van der Waals surface area contributed by atoms with Crippen molar-refractivity contribution in [1.82, 2.24) is 10.6 Å². The number of hydrogen-bond donors (Lipinski definition) is 3. The quantitative estimate of drug-likeness (QED) is 0.721. The molecular weight excluding hydrogens is 289 g/mol. The maximum Gasteiger partial charge on any atom is 0.387 e. The summed E-state index contributed by atoms with van der Waals surface area (Å²) in [4.78, 5) is 11.5. The molecule has 3 N–H and O–H groups in total. The number of benzene rings is 1. The van der Waals surface area contributed by atoms with E-state index in [1.165, 1.54) is 12.1 Å². The molecule has 1 aromatic rings. The molecule has 1 unspecified atom stereocenters. The van der Waals surface area contributed by atoms with Crippen LogP contribution in [-0.2, 0) is 6.54 Å². The third kappa shape index (κ3) is 5.50. The van der Waals surface area contributed by atoms with Crippen LogP contribution in [0.3, 0.4) is 0 Å². The van der Waals surface area contributed by atoms with E-state index in [0.29, 0.717) is 6.42 Å². The number of amides is 2. The van der Waals surface area contributed by atoms with E-state index in [1.54, 1.807) is 6.92 Å². The number of ether oxygens (including phenoxy) is 1. The van der Waals surface area contributed by atoms with Gasteiger partial charge in [-0.1, -0.05) is 13.0 Å².